The fourth-order valence-corrected chi connectivity index (χ4v) is 5.39. The lowest BCUT2D eigenvalue weighted by atomic mass is 9.68. The molecular weight excluding hydrogens is 409 g/mol. The Hall–Kier alpha value is 0.510. The molecule has 3 rings (SSSR count). The van der Waals surface area contributed by atoms with E-state index in [4.69, 9.17) is 0 Å². The third-order valence-corrected chi connectivity index (χ3v) is 7.89. The second-order valence-corrected chi connectivity index (χ2v) is 9.85. The molecule has 1 unspecified atom stereocenters. The van der Waals surface area contributed by atoms with Crippen molar-refractivity contribution in [2.24, 2.45) is 11.3 Å². The molecule has 3 fully saturated rings. The third-order valence-electron chi connectivity index (χ3n) is 6.64. The number of alkyl halides is 3. The Morgan fingerprint density at radius 2 is 1.61 bits per heavy atom. The molecule has 2 nitrogen and oxygen atoms in total. The van der Waals surface area contributed by atoms with Crippen molar-refractivity contribution < 1.29 is 8.78 Å². The molecule has 0 radical (unpaired) electrons. The molecule has 2 saturated heterocycles. The number of hydrogen-bond donors (Lipinski definition) is 0. The van der Waals surface area contributed by atoms with Crippen LogP contribution in [-0.4, -0.2) is 58.9 Å². The summed E-state index contributed by atoms with van der Waals surface area (Å²) in [5.74, 6) is -2.95. The van der Waals surface area contributed by atoms with Gasteiger partial charge in [-0.05, 0) is 76.5 Å². The summed E-state index contributed by atoms with van der Waals surface area (Å²) in [6.45, 7) is 6.20. The molecule has 0 aromatic rings. The molecule has 1 saturated carbocycles. The maximum absolute atomic E-state index is 14.4. The zero-order chi connectivity index (χ0) is 16.5. The van der Waals surface area contributed by atoms with E-state index < -0.39 is 11.8 Å². The predicted molar refractivity (Wildman–Crippen MR) is 99.6 cm³/mol. The van der Waals surface area contributed by atoms with E-state index in [9.17, 15) is 8.78 Å². The van der Waals surface area contributed by atoms with Crippen LogP contribution in [-0.2, 0) is 0 Å². The second-order valence-electron chi connectivity index (χ2n) is 8.09. The Morgan fingerprint density at radius 1 is 0.957 bits per heavy atom. The highest BCUT2D eigenvalue weighted by Crippen LogP contribution is 2.46. The van der Waals surface area contributed by atoms with Gasteiger partial charge in [0.1, 0.15) is 0 Å². The molecule has 0 N–H and O–H groups in total. The van der Waals surface area contributed by atoms with Gasteiger partial charge in [-0.25, -0.2) is 8.78 Å². The van der Waals surface area contributed by atoms with E-state index in [1.165, 1.54) is 38.5 Å². The zero-order valence-corrected chi connectivity index (χ0v) is 16.5. The maximum atomic E-state index is 14.4. The lowest BCUT2D eigenvalue weighted by Crippen LogP contribution is -2.53. The summed E-state index contributed by atoms with van der Waals surface area (Å²) in [5.41, 5.74) is 0.548. The van der Waals surface area contributed by atoms with E-state index in [2.05, 4.69) is 27.5 Å². The minimum atomic E-state index is -2.51. The van der Waals surface area contributed by atoms with Gasteiger partial charge in [-0.2, -0.15) is 0 Å². The van der Waals surface area contributed by atoms with E-state index in [0.29, 0.717) is 18.4 Å². The molecular formula is C18H31F2IN2. The molecule has 1 spiro atoms. The SMILES string of the molecule is CCN1CCC(CN2CCC3(CCC(I)CC3)CC2)C(F)(F)C1. The first-order valence-electron chi connectivity index (χ1n) is 9.39. The molecule has 1 aliphatic carbocycles. The van der Waals surface area contributed by atoms with Crippen molar-refractivity contribution in [1.29, 1.82) is 0 Å². The molecule has 0 aromatic heterocycles. The quantitative estimate of drug-likeness (QED) is 0.474. The minimum Gasteiger partial charge on any atom is -0.303 e. The lowest BCUT2D eigenvalue weighted by Gasteiger charge is -2.47. The Bertz CT molecular complexity index is 386. The Kier molecular flexibility index (Phi) is 5.89. The molecule has 3 aliphatic rings. The molecule has 23 heavy (non-hydrogen) atoms. The van der Waals surface area contributed by atoms with E-state index in [1.807, 2.05) is 11.8 Å². The summed E-state index contributed by atoms with van der Waals surface area (Å²) in [7, 11) is 0. The van der Waals surface area contributed by atoms with Gasteiger partial charge in [0.25, 0.3) is 5.92 Å². The Morgan fingerprint density at radius 3 is 2.17 bits per heavy atom. The van der Waals surface area contributed by atoms with Crippen LogP contribution in [0.2, 0.25) is 0 Å². The number of likely N-dealkylation sites (tertiary alicyclic amines) is 2. The summed E-state index contributed by atoms with van der Waals surface area (Å²) in [6, 6.07) is 0. The average Bonchev–Trinajstić information content (AvgIpc) is 2.54. The number of halogens is 3. The first-order valence-corrected chi connectivity index (χ1v) is 10.6. The van der Waals surface area contributed by atoms with Crippen LogP contribution in [0.25, 0.3) is 0 Å². The lowest BCUT2D eigenvalue weighted by molar-refractivity contribution is -0.120. The molecule has 0 amide bonds. The Balaban J connectivity index is 1.49. The smallest absolute Gasteiger partial charge is 0.264 e. The van der Waals surface area contributed by atoms with Crippen LogP contribution in [0, 0.1) is 11.3 Å². The maximum Gasteiger partial charge on any atom is 0.264 e. The normalized spacial score (nSPS) is 33.1. The van der Waals surface area contributed by atoms with Crippen molar-refractivity contribution in [3.63, 3.8) is 0 Å². The molecule has 2 heterocycles. The fourth-order valence-electron chi connectivity index (χ4n) is 4.77. The molecule has 1 atom stereocenters. The van der Waals surface area contributed by atoms with Crippen molar-refractivity contribution in [3.05, 3.63) is 0 Å². The highest BCUT2D eigenvalue weighted by molar-refractivity contribution is 14.1. The van der Waals surface area contributed by atoms with Crippen LogP contribution < -0.4 is 0 Å². The second kappa shape index (κ2) is 7.40. The van der Waals surface area contributed by atoms with E-state index in [1.54, 1.807) is 0 Å². The van der Waals surface area contributed by atoms with E-state index in [-0.39, 0.29) is 6.54 Å². The highest BCUT2D eigenvalue weighted by atomic mass is 127. The molecule has 0 aromatic carbocycles. The van der Waals surface area contributed by atoms with Gasteiger partial charge in [0.2, 0.25) is 0 Å². The zero-order valence-electron chi connectivity index (χ0n) is 14.4. The van der Waals surface area contributed by atoms with Crippen molar-refractivity contribution in [2.75, 3.05) is 39.3 Å². The summed E-state index contributed by atoms with van der Waals surface area (Å²) in [6.07, 6.45) is 8.55. The van der Waals surface area contributed by atoms with Gasteiger partial charge in [0.05, 0.1) is 6.54 Å². The van der Waals surface area contributed by atoms with Gasteiger partial charge >= 0.3 is 0 Å². The third kappa shape index (κ3) is 4.38. The summed E-state index contributed by atoms with van der Waals surface area (Å²) < 4.78 is 29.6. The van der Waals surface area contributed by atoms with Gasteiger partial charge in [-0.1, -0.05) is 29.5 Å². The van der Waals surface area contributed by atoms with Crippen molar-refractivity contribution >= 4 is 22.6 Å². The van der Waals surface area contributed by atoms with Crippen molar-refractivity contribution in [3.8, 4) is 0 Å². The summed E-state index contributed by atoms with van der Waals surface area (Å²) in [5, 5.41) is 0. The van der Waals surface area contributed by atoms with Gasteiger partial charge in [-0.15, -0.1) is 0 Å². The molecule has 134 valence electrons. The fraction of sp³-hybridized carbons (Fsp3) is 1.00. The predicted octanol–water partition coefficient (Wildman–Crippen LogP) is 4.42. The summed E-state index contributed by atoms with van der Waals surface area (Å²) >= 11 is 2.59. The minimum absolute atomic E-state index is 0.0387. The Labute approximate surface area is 153 Å². The number of hydrogen-bond acceptors (Lipinski definition) is 2. The number of piperidine rings is 2. The van der Waals surface area contributed by atoms with Gasteiger partial charge in [0, 0.05) is 16.4 Å². The van der Waals surface area contributed by atoms with Gasteiger partial charge in [0.15, 0.2) is 0 Å². The molecule has 2 aliphatic heterocycles. The van der Waals surface area contributed by atoms with Crippen LogP contribution in [0.3, 0.4) is 0 Å². The highest BCUT2D eigenvalue weighted by Gasteiger charge is 2.45. The first kappa shape index (κ1) is 18.3. The van der Waals surface area contributed by atoms with Crippen LogP contribution in [0.1, 0.15) is 51.9 Å². The largest absolute Gasteiger partial charge is 0.303 e. The van der Waals surface area contributed by atoms with E-state index >= 15 is 0 Å². The molecule has 5 heteroatoms. The summed E-state index contributed by atoms with van der Waals surface area (Å²) in [4.78, 5) is 4.23. The standard InChI is InChI=1S/C18H31F2IN2/c1-2-22-10-5-15(18(19,20)14-22)13-23-11-8-17(9-12-23)6-3-16(21)4-7-17/h15-16H,2-14H2,1H3. The molecule has 0 bridgehead atoms. The van der Waals surface area contributed by atoms with Crippen molar-refractivity contribution in [1.82, 2.24) is 9.80 Å². The van der Waals surface area contributed by atoms with E-state index in [0.717, 1.165) is 30.1 Å². The number of nitrogens with zero attached hydrogens (tertiary/aromatic N) is 2. The average molecular weight is 440 g/mol. The van der Waals surface area contributed by atoms with Crippen LogP contribution in [0.4, 0.5) is 8.78 Å². The van der Waals surface area contributed by atoms with Crippen molar-refractivity contribution in [2.45, 2.75) is 61.7 Å². The van der Waals surface area contributed by atoms with Crippen LogP contribution in [0.5, 0.6) is 0 Å². The van der Waals surface area contributed by atoms with Crippen LogP contribution in [0.15, 0.2) is 0 Å². The van der Waals surface area contributed by atoms with Gasteiger partial charge < -0.3 is 4.90 Å². The van der Waals surface area contributed by atoms with Crippen LogP contribution >= 0.6 is 22.6 Å². The topological polar surface area (TPSA) is 6.48 Å². The number of rotatable bonds is 3. The first-order chi connectivity index (χ1) is 10.9. The monoisotopic (exact) mass is 440 g/mol. The van der Waals surface area contributed by atoms with Gasteiger partial charge in [-0.3, -0.25) is 4.90 Å².